The minimum Gasteiger partial charge on any atom is -0.397 e. The summed E-state index contributed by atoms with van der Waals surface area (Å²) in [6, 6.07) is 2.91. The normalized spacial score (nSPS) is 11.7. The van der Waals surface area contributed by atoms with Gasteiger partial charge in [0, 0.05) is 24.9 Å². The summed E-state index contributed by atoms with van der Waals surface area (Å²) in [5.41, 5.74) is 7.31. The van der Waals surface area contributed by atoms with Crippen LogP contribution < -0.4 is 10.5 Å². The largest absolute Gasteiger partial charge is 0.397 e. The van der Waals surface area contributed by atoms with Crippen LogP contribution in [0.2, 0.25) is 5.02 Å². The third kappa shape index (κ3) is 3.30. The number of nitrogens with zero attached hydrogens (tertiary/aromatic N) is 1. The SMILES string of the molecule is Cc1cc(Cl)c(N)cc1S(=O)(=O)NCCc1cnc[nH]1. The highest BCUT2D eigenvalue weighted by Crippen LogP contribution is 2.25. The van der Waals surface area contributed by atoms with Crippen LogP contribution in [-0.4, -0.2) is 24.9 Å². The summed E-state index contributed by atoms with van der Waals surface area (Å²) in [6.07, 6.45) is 3.73. The first kappa shape index (κ1) is 14.8. The topological polar surface area (TPSA) is 101 Å². The van der Waals surface area contributed by atoms with Crippen LogP contribution in [0, 0.1) is 6.92 Å². The molecule has 1 aromatic carbocycles. The van der Waals surface area contributed by atoms with Crippen molar-refractivity contribution >= 4 is 27.3 Å². The zero-order chi connectivity index (χ0) is 14.8. The molecule has 2 aromatic rings. The minimum atomic E-state index is -3.61. The van der Waals surface area contributed by atoms with E-state index < -0.39 is 10.0 Å². The number of halogens is 1. The van der Waals surface area contributed by atoms with Crippen molar-refractivity contribution in [3.8, 4) is 0 Å². The molecule has 1 aromatic heterocycles. The Kier molecular flexibility index (Phi) is 4.32. The maximum absolute atomic E-state index is 12.2. The maximum atomic E-state index is 12.2. The van der Waals surface area contributed by atoms with Crippen LogP contribution in [-0.2, 0) is 16.4 Å². The summed E-state index contributed by atoms with van der Waals surface area (Å²) in [5.74, 6) is 0. The van der Waals surface area contributed by atoms with Crippen LogP contribution in [0.4, 0.5) is 5.69 Å². The van der Waals surface area contributed by atoms with Gasteiger partial charge in [0.15, 0.2) is 0 Å². The lowest BCUT2D eigenvalue weighted by molar-refractivity contribution is 0.581. The van der Waals surface area contributed by atoms with Crippen molar-refractivity contribution in [3.05, 3.63) is 40.9 Å². The van der Waals surface area contributed by atoms with Gasteiger partial charge in [0.1, 0.15) is 0 Å². The van der Waals surface area contributed by atoms with Crippen molar-refractivity contribution in [2.45, 2.75) is 18.2 Å². The summed E-state index contributed by atoms with van der Waals surface area (Å²) in [6.45, 7) is 1.95. The van der Waals surface area contributed by atoms with E-state index in [2.05, 4.69) is 14.7 Å². The van der Waals surface area contributed by atoms with Gasteiger partial charge in [-0.2, -0.15) is 0 Å². The fourth-order valence-electron chi connectivity index (χ4n) is 1.78. The molecule has 0 aliphatic carbocycles. The molecular formula is C12H15ClN4O2S. The second-order valence-corrected chi connectivity index (χ2v) is 6.51. The van der Waals surface area contributed by atoms with Gasteiger partial charge in [0.05, 0.1) is 21.9 Å². The number of sulfonamides is 1. The van der Waals surface area contributed by atoms with Crippen LogP contribution in [0.5, 0.6) is 0 Å². The highest BCUT2D eigenvalue weighted by Gasteiger charge is 2.18. The van der Waals surface area contributed by atoms with E-state index in [1.165, 1.54) is 6.07 Å². The first-order chi connectivity index (χ1) is 9.40. The maximum Gasteiger partial charge on any atom is 0.240 e. The van der Waals surface area contributed by atoms with Gasteiger partial charge in [-0.25, -0.2) is 18.1 Å². The molecule has 0 fully saturated rings. The summed E-state index contributed by atoms with van der Waals surface area (Å²) < 4.78 is 26.9. The highest BCUT2D eigenvalue weighted by atomic mass is 35.5. The van der Waals surface area contributed by atoms with Gasteiger partial charge in [-0.3, -0.25) is 0 Å². The number of aromatic nitrogens is 2. The molecule has 2 rings (SSSR count). The van der Waals surface area contributed by atoms with Gasteiger partial charge in [-0.1, -0.05) is 11.6 Å². The van der Waals surface area contributed by atoms with Crippen LogP contribution in [0.3, 0.4) is 0 Å². The Hall–Kier alpha value is -1.57. The van der Waals surface area contributed by atoms with Crippen molar-refractivity contribution in [3.63, 3.8) is 0 Å². The number of aryl methyl sites for hydroxylation is 1. The van der Waals surface area contributed by atoms with Crippen LogP contribution in [0.15, 0.2) is 29.6 Å². The molecule has 108 valence electrons. The third-order valence-electron chi connectivity index (χ3n) is 2.83. The first-order valence-corrected chi connectivity index (χ1v) is 7.79. The predicted octanol–water partition coefficient (Wildman–Crippen LogP) is 1.47. The second-order valence-electron chi connectivity index (χ2n) is 4.36. The fourth-order valence-corrected chi connectivity index (χ4v) is 3.29. The number of hydrogen-bond acceptors (Lipinski definition) is 4. The number of aromatic amines is 1. The molecule has 0 saturated heterocycles. The number of hydrogen-bond donors (Lipinski definition) is 3. The zero-order valence-electron chi connectivity index (χ0n) is 10.9. The summed E-state index contributed by atoms with van der Waals surface area (Å²) in [5, 5.41) is 0.346. The highest BCUT2D eigenvalue weighted by molar-refractivity contribution is 7.89. The lowest BCUT2D eigenvalue weighted by Gasteiger charge is -2.10. The van der Waals surface area contributed by atoms with Gasteiger partial charge < -0.3 is 10.7 Å². The molecule has 0 bridgehead atoms. The molecule has 0 spiro atoms. The standard InChI is InChI=1S/C12H15ClN4O2S/c1-8-4-10(13)11(14)5-12(8)20(18,19)17-3-2-9-6-15-7-16-9/h4-7,17H,2-3,14H2,1H3,(H,15,16). The molecule has 0 atom stereocenters. The number of nitrogens with two attached hydrogens (primary N) is 1. The second kappa shape index (κ2) is 5.82. The van der Waals surface area contributed by atoms with E-state index in [-0.39, 0.29) is 17.1 Å². The number of nitrogen functional groups attached to an aromatic ring is 1. The Balaban J connectivity index is 2.12. The number of imidazole rings is 1. The zero-order valence-corrected chi connectivity index (χ0v) is 12.4. The molecule has 6 nitrogen and oxygen atoms in total. The molecule has 0 aliphatic heterocycles. The molecule has 0 amide bonds. The third-order valence-corrected chi connectivity index (χ3v) is 4.76. The van der Waals surface area contributed by atoms with E-state index in [4.69, 9.17) is 17.3 Å². The average molecular weight is 315 g/mol. The van der Waals surface area contributed by atoms with Crippen molar-refractivity contribution in [1.82, 2.24) is 14.7 Å². The van der Waals surface area contributed by atoms with Gasteiger partial charge in [0.2, 0.25) is 10.0 Å². The molecule has 0 unspecified atom stereocenters. The van der Waals surface area contributed by atoms with Gasteiger partial charge in [0.25, 0.3) is 0 Å². The number of nitrogens with one attached hydrogen (secondary N) is 2. The summed E-state index contributed by atoms with van der Waals surface area (Å²) >= 11 is 5.86. The molecule has 0 aliphatic rings. The molecule has 0 radical (unpaired) electrons. The lowest BCUT2D eigenvalue weighted by Crippen LogP contribution is -2.26. The van der Waals surface area contributed by atoms with Crippen LogP contribution in [0.25, 0.3) is 0 Å². The average Bonchev–Trinajstić information content (AvgIpc) is 2.86. The van der Waals surface area contributed by atoms with Gasteiger partial charge in [-0.05, 0) is 24.6 Å². The minimum absolute atomic E-state index is 0.143. The quantitative estimate of drug-likeness (QED) is 0.727. The van der Waals surface area contributed by atoms with Crippen LogP contribution >= 0.6 is 11.6 Å². The summed E-state index contributed by atoms with van der Waals surface area (Å²) in [7, 11) is -3.61. The van der Waals surface area contributed by atoms with Gasteiger partial charge >= 0.3 is 0 Å². The molecule has 0 saturated carbocycles. The Morgan fingerprint density at radius 2 is 2.20 bits per heavy atom. The van der Waals surface area contributed by atoms with E-state index in [1.54, 1.807) is 25.5 Å². The number of H-pyrrole nitrogens is 1. The van der Waals surface area contributed by atoms with Crippen molar-refractivity contribution in [1.29, 1.82) is 0 Å². The van der Waals surface area contributed by atoms with Crippen molar-refractivity contribution < 1.29 is 8.42 Å². The molecule has 4 N–H and O–H groups in total. The van der Waals surface area contributed by atoms with E-state index >= 15 is 0 Å². The van der Waals surface area contributed by atoms with Crippen molar-refractivity contribution in [2.75, 3.05) is 12.3 Å². The van der Waals surface area contributed by atoms with Crippen LogP contribution in [0.1, 0.15) is 11.3 Å². The fraction of sp³-hybridized carbons (Fsp3) is 0.250. The number of rotatable bonds is 5. The smallest absolute Gasteiger partial charge is 0.240 e. The van der Waals surface area contributed by atoms with E-state index in [0.29, 0.717) is 17.0 Å². The first-order valence-electron chi connectivity index (χ1n) is 5.92. The molecule has 20 heavy (non-hydrogen) atoms. The molecule has 8 heteroatoms. The monoisotopic (exact) mass is 314 g/mol. The Bertz CT molecular complexity index is 698. The predicted molar refractivity (Wildman–Crippen MR) is 78.1 cm³/mol. The lowest BCUT2D eigenvalue weighted by atomic mass is 10.2. The Morgan fingerprint density at radius 3 is 2.85 bits per heavy atom. The number of benzene rings is 1. The van der Waals surface area contributed by atoms with Gasteiger partial charge in [-0.15, -0.1) is 0 Å². The van der Waals surface area contributed by atoms with E-state index in [1.807, 2.05) is 0 Å². The molecular weight excluding hydrogens is 300 g/mol. The van der Waals surface area contributed by atoms with Crippen molar-refractivity contribution in [2.24, 2.45) is 0 Å². The molecule has 1 heterocycles. The number of anilines is 1. The summed E-state index contributed by atoms with van der Waals surface area (Å²) in [4.78, 5) is 6.92. The van der Waals surface area contributed by atoms with E-state index in [9.17, 15) is 8.42 Å². The Morgan fingerprint density at radius 1 is 1.45 bits per heavy atom. The van der Waals surface area contributed by atoms with E-state index in [0.717, 1.165) is 5.69 Å². The Labute approximate surface area is 122 Å².